The third-order valence-corrected chi connectivity index (χ3v) is 1.41. The molecule has 3 nitrogen and oxygen atoms in total. The van der Waals surface area contributed by atoms with Gasteiger partial charge in [0, 0.05) is 0 Å². The van der Waals surface area contributed by atoms with Crippen molar-refractivity contribution < 1.29 is 14.6 Å². The van der Waals surface area contributed by atoms with Gasteiger partial charge >= 0.3 is 0 Å². The molecule has 54 valence electrons. The summed E-state index contributed by atoms with van der Waals surface area (Å²) in [5.74, 6) is 0. The summed E-state index contributed by atoms with van der Waals surface area (Å²) in [4.78, 5) is 0. The van der Waals surface area contributed by atoms with E-state index in [9.17, 15) is 0 Å². The molecule has 0 spiro atoms. The molecule has 0 amide bonds. The molecule has 3 heteroatoms. The zero-order valence-electron chi connectivity index (χ0n) is 5.76. The zero-order chi connectivity index (χ0) is 6.91. The normalized spacial score (nSPS) is 43.7. The van der Waals surface area contributed by atoms with E-state index >= 15 is 0 Å². The first-order chi connectivity index (χ1) is 4.16. The van der Waals surface area contributed by atoms with E-state index in [0.717, 1.165) is 0 Å². The molecule has 1 N–H and O–H groups in total. The van der Waals surface area contributed by atoms with E-state index in [0.29, 0.717) is 6.61 Å². The summed E-state index contributed by atoms with van der Waals surface area (Å²) in [5, 5.41) is 8.74. The van der Waals surface area contributed by atoms with Gasteiger partial charge in [-0.05, 0) is 13.8 Å². The van der Waals surface area contributed by atoms with Gasteiger partial charge in [0.15, 0.2) is 6.29 Å². The summed E-state index contributed by atoms with van der Waals surface area (Å²) in [7, 11) is 0. The van der Waals surface area contributed by atoms with Crippen LogP contribution < -0.4 is 0 Å². The topological polar surface area (TPSA) is 38.7 Å². The molecule has 1 heterocycles. The predicted octanol–water partition coefficient (Wildman–Crippen LogP) is 0.130. The lowest BCUT2D eigenvalue weighted by atomic mass is 10.1. The molecular weight excluding hydrogens is 120 g/mol. The first kappa shape index (κ1) is 6.99. The number of hydrogen-bond donors (Lipinski definition) is 1. The SMILES string of the molecule is C[C@@H]1OCC(C)(CO)O1. The Bertz CT molecular complexity index is 104. The number of rotatable bonds is 1. The van der Waals surface area contributed by atoms with Gasteiger partial charge in [0.1, 0.15) is 5.60 Å². The zero-order valence-corrected chi connectivity index (χ0v) is 5.76. The van der Waals surface area contributed by atoms with Gasteiger partial charge < -0.3 is 14.6 Å². The molecule has 9 heavy (non-hydrogen) atoms. The Morgan fingerprint density at radius 1 is 1.78 bits per heavy atom. The molecule has 0 saturated carbocycles. The lowest BCUT2D eigenvalue weighted by molar-refractivity contribution is -0.0858. The molecule has 0 aliphatic carbocycles. The molecule has 1 fully saturated rings. The fourth-order valence-electron chi connectivity index (χ4n) is 0.845. The van der Waals surface area contributed by atoms with Gasteiger partial charge in [-0.1, -0.05) is 0 Å². The molecule has 0 aromatic carbocycles. The van der Waals surface area contributed by atoms with Crippen LogP contribution in [0.1, 0.15) is 13.8 Å². The van der Waals surface area contributed by atoms with Gasteiger partial charge in [0.05, 0.1) is 13.2 Å². The van der Waals surface area contributed by atoms with Crippen molar-refractivity contribution in [2.75, 3.05) is 13.2 Å². The van der Waals surface area contributed by atoms with Crippen molar-refractivity contribution >= 4 is 0 Å². The quantitative estimate of drug-likeness (QED) is 0.551. The van der Waals surface area contributed by atoms with E-state index in [1.165, 1.54) is 0 Å². The van der Waals surface area contributed by atoms with E-state index in [4.69, 9.17) is 14.6 Å². The fraction of sp³-hybridized carbons (Fsp3) is 1.00. The smallest absolute Gasteiger partial charge is 0.155 e. The summed E-state index contributed by atoms with van der Waals surface area (Å²) in [6.07, 6.45) is -0.165. The van der Waals surface area contributed by atoms with E-state index < -0.39 is 5.60 Å². The lowest BCUT2D eigenvalue weighted by Crippen LogP contribution is -2.32. The van der Waals surface area contributed by atoms with Crippen LogP contribution in [0.4, 0.5) is 0 Å². The highest BCUT2D eigenvalue weighted by molar-refractivity contribution is 4.77. The van der Waals surface area contributed by atoms with Crippen LogP contribution in [0.3, 0.4) is 0 Å². The number of aliphatic hydroxyl groups excluding tert-OH is 1. The second kappa shape index (κ2) is 2.25. The minimum Gasteiger partial charge on any atom is -0.393 e. The first-order valence-electron chi connectivity index (χ1n) is 3.06. The van der Waals surface area contributed by atoms with Crippen LogP contribution in [0.15, 0.2) is 0 Å². The van der Waals surface area contributed by atoms with Crippen LogP contribution >= 0.6 is 0 Å². The van der Waals surface area contributed by atoms with Crippen LogP contribution in [0.25, 0.3) is 0 Å². The first-order valence-corrected chi connectivity index (χ1v) is 3.06. The Balaban J connectivity index is 2.45. The largest absolute Gasteiger partial charge is 0.393 e. The molecule has 0 aromatic heterocycles. The lowest BCUT2D eigenvalue weighted by Gasteiger charge is -2.17. The molecule has 1 unspecified atom stereocenters. The van der Waals surface area contributed by atoms with Crippen molar-refractivity contribution in [1.82, 2.24) is 0 Å². The van der Waals surface area contributed by atoms with E-state index in [-0.39, 0.29) is 12.9 Å². The molecule has 2 atom stereocenters. The second-order valence-electron chi connectivity index (χ2n) is 2.60. The van der Waals surface area contributed by atoms with Gasteiger partial charge in [0.2, 0.25) is 0 Å². The maximum absolute atomic E-state index is 8.74. The molecule has 1 aliphatic heterocycles. The van der Waals surface area contributed by atoms with E-state index in [1.54, 1.807) is 0 Å². The highest BCUT2D eigenvalue weighted by Crippen LogP contribution is 2.21. The monoisotopic (exact) mass is 132 g/mol. The molecule has 0 bridgehead atoms. The maximum Gasteiger partial charge on any atom is 0.155 e. The molecule has 0 aromatic rings. The number of hydrogen-bond acceptors (Lipinski definition) is 3. The minimum atomic E-state index is -0.459. The van der Waals surface area contributed by atoms with Gasteiger partial charge in [-0.3, -0.25) is 0 Å². The van der Waals surface area contributed by atoms with Crippen LogP contribution in [0.5, 0.6) is 0 Å². The predicted molar refractivity (Wildman–Crippen MR) is 32.0 cm³/mol. The van der Waals surface area contributed by atoms with Crippen LogP contribution in [-0.4, -0.2) is 30.2 Å². The van der Waals surface area contributed by atoms with Crippen molar-refractivity contribution in [3.05, 3.63) is 0 Å². The summed E-state index contributed by atoms with van der Waals surface area (Å²) in [6.45, 7) is 4.17. The Hall–Kier alpha value is -0.120. The Kier molecular flexibility index (Phi) is 1.75. The van der Waals surface area contributed by atoms with Gasteiger partial charge in [-0.2, -0.15) is 0 Å². The van der Waals surface area contributed by atoms with E-state index in [1.807, 2.05) is 13.8 Å². The third kappa shape index (κ3) is 1.41. The Morgan fingerprint density at radius 2 is 2.44 bits per heavy atom. The molecule has 0 radical (unpaired) electrons. The van der Waals surface area contributed by atoms with Crippen LogP contribution in [-0.2, 0) is 9.47 Å². The molecule has 1 aliphatic rings. The van der Waals surface area contributed by atoms with Gasteiger partial charge in [-0.25, -0.2) is 0 Å². The summed E-state index contributed by atoms with van der Waals surface area (Å²) < 4.78 is 10.3. The maximum atomic E-state index is 8.74. The third-order valence-electron chi connectivity index (χ3n) is 1.41. The van der Waals surface area contributed by atoms with Crippen molar-refractivity contribution in [2.24, 2.45) is 0 Å². The Labute approximate surface area is 54.6 Å². The van der Waals surface area contributed by atoms with Crippen molar-refractivity contribution in [3.63, 3.8) is 0 Å². The molecule has 1 saturated heterocycles. The number of aliphatic hydroxyl groups is 1. The minimum absolute atomic E-state index is 0.0251. The molecule has 1 rings (SSSR count). The highest BCUT2D eigenvalue weighted by atomic mass is 16.7. The second-order valence-corrected chi connectivity index (χ2v) is 2.60. The van der Waals surface area contributed by atoms with Crippen molar-refractivity contribution in [3.8, 4) is 0 Å². The Morgan fingerprint density at radius 3 is 2.67 bits per heavy atom. The van der Waals surface area contributed by atoms with Crippen LogP contribution in [0, 0.1) is 0 Å². The summed E-state index contributed by atoms with van der Waals surface area (Å²) >= 11 is 0. The van der Waals surface area contributed by atoms with Crippen LogP contribution in [0.2, 0.25) is 0 Å². The van der Waals surface area contributed by atoms with E-state index in [2.05, 4.69) is 0 Å². The number of ether oxygens (including phenoxy) is 2. The summed E-state index contributed by atoms with van der Waals surface area (Å²) in [5.41, 5.74) is -0.459. The van der Waals surface area contributed by atoms with Gasteiger partial charge in [0.25, 0.3) is 0 Å². The standard InChI is InChI=1S/C6H12O3/c1-5-8-4-6(2,3-7)9-5/h5,7H,3-4H2,1-2H3/t5-,6?/m1/s1. The van der Waals surface area contributed by atoms with Crippen molar-refractivity contribution in [1.29, 1.82) is 0 Å². The summed E-state index contributed by atoms with van der Waals surface area (Å²) in [6, 6.07) is 0. The highest BCUT2D eigenvalue weighted by Gasteiger charge is 2.33. The van der Waals surface area contributed by atoms with Gasteiger partial charge in [-0.15, -0.1) is 0 Å². The van der Waals surface area contributed by atoms with Crippen molar-refractivity contribution in [2.45, 2.75) is 25.7 Å². The average molecular weight is 132 g/mol. The fourth-order valence-corrected chi connectivity index (χ4v) is 0.845. The molecular formula is C6H12O3. The average Bonchev–Trinajstić information content (AvgIpc) is 2.13.